The topological polar surface area (TPSA) is 70.7 Å². The van der Waals surface area contributed by atoms with Gasteiger partial charge in [-0.3, -0.25) is 9.59 Å². The quantitative estimate of drug-likeness (QED) is 0.813. The lowest BCUT2D eigenvalue weighted by molar-refractivity contribution is -0.130. The van der Waals surface area contributed by atoms with Crippen LogP contribution in [0.2, 0.25) is 0 Å². The lowest BCUT2D eigenvalue weighted by Gasteiger charge is -2.26. The number of hydrogen-bond acceptors (Lipinski definition) is 5. The largest absolute Gasteiger partial charge is 0.366 e. The minimum atomic E-state index is -0.447. The molecular weight excluding hydrogens is 362 g/mol. The van der Waals surface area contributed by atoms with E-state index < -0.39 is 6.10 Å². The number of nitrogens with one attached hydrogen (secondary N) is 2. The molecule has 2 amide bonds. The van der Waals surface area contributed by atoms with E-state index in [1.54, 1.807) is 0 Å². The van der Waals surface area contributed by atoms with E-state index in [9.17, 15) is 9.59 Å². The van der Waals surface area contributed by atoms with E-state index >= 15 is 0 Å². The highest BCUT2D eigenvalue weighted by molar-refractivity contribution is 7.99. The van der Waals surface area contributed by atoms with E-state index in [2.05, 4.69) is 10.6 Å². The summed E-state index contributed by atoms with van der Waals surface area (Å²) in [5.41, 5.74) is 1.69. The molecule has 2 fully saturated rings. The van der Waals surface area contributed by atoms with Crippen LogP contribution in [0.25, 0.3) is 0 Å². The molecule has 1 aromatic rings. The van der Waals surface area contributed by atoms with E-state index in [1.165, 1.54) is 0 Å². The van der Waals surface area contributed by atoms with Gasteiger partial charge >= 0.3 is 0 Å². The Morgan fingerprint density at radius 1 is 1.24 bits per heavy atom. The summed E-state index contributed by atoms with van der Waals surface area (Å²) in [6.45, 7) is 3.54. The Labute approximate surface area is 158 Å². The summed E-state index contributed by atoms with van der Waals surface area (Å²) in [6.07, 6.45) is -0.0360. The average molecular weight is 386 g/mol. The highest BCUT2D eigenvalue weighted by Gasteiger charge is 2.21. The van der Waals surface area contributed by atoms with Crippen molar-refractivity contribution in [2.45, 2.75) is 12.5 Å². The number of amides is 2. The molecule has 1 atom stereocenters. The number of rotatable bonds is 4. The first-order valence-corrected chi connectivity index (χ1v) is 9.45. The van der Waals surface area contributed by atoms with E-state index in [0.717, 1.165) is 42.4 Å². The predicted octanol–water partition coefficient (Wildman–Crippen LogP) is 1.15. The molecule has 0 aromatic heterocycles. The molecule has 138 valence electrons. The summed E-state index contributed by atoms with van der Waals surface area (Å²) >= 11 is 1.89. The molecule has 0 bridgehead atoms. The monoisotopic (exact) mass is 385 g/mol. The number of ether oxygens (including phenoxy) is 1. The van der Waals surface area contributed by atoms with Crippen molar-refractivity contribution < 1.29 is 14.3 Å². The Kier molecular flexibility index (Phi) is 8.02. The summed E-state index contributed by atoms with van der Waals surface area (Å²) in [5, 5.41) is 5.99. The van der Waals surface area contributed by atoms with Crippen molar-refractivity contribution in [2.75, 3.05) is 49.6 Å². The van der Waals surface area contributed by atoms with E-state index in [0.29, 0.717) is 19.6 Å². The van der Waals surface area contributed by atoms with Crippen molar-refractivity contribution in [3.05, 3.63) is 29.8 Å². The van der Waals surface area contributed by atoms with Gasteiger partial charge in [0.25, 0.3) is 5.91 Å². The van der Waals surface area contributed by atoms with Crippen LogP contribution >= 0.6 is 24.2 Å². The molecule has 0 spiro atoms. The number of morpholine rings is 1. The van der Waals surface area contributed by atoms with Gasteiger partial charge in [0, 0.05) is 43.4 Å². The van der Waals surface area contributed by atoms with Gasteiger partial charge < -0.3 is 20.3 Å². The molecule has 0 saturated carbocycles. The Morgan fingerprint density at radius 2 is 1.96 bits per heavy atom. The van der Waals surface area contributed by atoms with Crippen molar-refractivity contribution >= 4 is 41.7 Å². The lowest BCUT2D eigenvalue weighted by Crippen LogP contribution is -2.45. The molecule has 6 nitrogen and oxygen atoms in total. The molecule has 25 heavy (non-hydrogen) atoms. The number of carbonyl (C=O) groups excluding carboxylic acids is 2. The van der Waals surface area contributed by atoms with Crippen LogP contribution in [0.4, 0.5) is 5.69 Å². The van der Waals surface area contributed by atoms with Crippen LogP contribution in [0.1, 0.15) is 5.56 Å². The first-order chi connectivity index (χ1) is 11.7. The van der Waals surface area contributed by atoms with Gasteiger partial charge in [0.05, 0.1) is 13.0 Å². The number of hydrogen-bond donors (Lipinski definition) is 2. The van der Waals surface area contributed by atoms with Gasteiger partial charge in [-0.2, -0.15) is 11.8 Å². The van der Waals surface area contributed by atoms with Crippen LogP contribution in [-0.2, 0) is 20.7 Å². The zero-order chi connectivity index (χ0) is 16.8. The number of carbonyl (C=O) groups is 2. The van der Waals surface area contributed by atoms with Crippen molar-refractivity contribution in [2.24, 2.45) is 0 Å². The fraction of sp³-hybridized carbons (Fsp3) is 0.529. The van der Waals surface area contributed by atoms with Gasteiger partial charge in [-0.15, -0.1) is 12.4 Å². The summed E-state index contributed by atoms with van der Waals surface area (Å²) < 4.78 is 5.43. The van der Waals surface area contributed by atoms with Crippen LogP contribution in [0.3, 0.4) is 0 Å². The second-order valence-corrected chi connectivity index (χ2v) is 7.14. The Balaban J connectivity index is 0.00000225. The smallest absolute Gasteiger partial charge is 0.254 e. The van der Waals surface area contributed by atoms with Gasteiger partial charge in [-0.05, 0) is 17.7 Å². The molecule has 2 heterocycles. The summed E-state index contributed by atoms with van der Waals surface area (Å²) in [5.74, 6) is 2.08. The Hall–Kier alpha value is -1.28. The van der Waals surface area contributed by atoms with Crippen molar-refractivity contribution in [3.8, 4) is 0 Å². The third kappa shape index (κ3) is 5.88. The van der Waals surface area contributed by atoms with Crippen LogP contribution in [0.15, 0.2) is 24.3 Å². The first kappa shape index (κ1) is 20.0. The number of thioether (sulfide) groups is 1. The number of benzene rings is 1. The predicted molar refractivity (Wildman–Crippen MR) is 103 cm³/mol. The van der Waals surface area contributed by atoms with Crippen LogP contribution in [-0.4, -0.2) is 67.1 Å². The summed E-state index contributed by atoms with van der Waals surface area (Å²) in [7, 11) is 0. The maximum atomic E-state index is 12.3. The number of nitrogens with zero attached hydrogens (tertiary/aromatic N) is 1. The highest BCUT2D eigenvalue weighted by Crippen LogP contribution is 2.14. The fourth-order valence-corrected chi connectivity index (χ4v) is 3.66. The van der Waals surface area contributed by atoms with Gasteiger partial charge in [-0.25, -0.2) is 0 Å². The standard InChI is InChI=1S/C17H23N3O3S.ClH/c21-16(20-6-9-24-10-7-20)11-13-1-3-14(4-2-13)19-17(22)15-12-18-5-8-23-15;/h1-4,15,18H,5-12H2,(H,19,22);1H. The Morgan fingerprint density at radius 3 is 2.60 bits per heavy atom. The molecule has 3 rings (SSSR count). The minimum absolute atomic E-state index is 0. The maximum absolute atomic E-state index is 12.3. The second-order valence-electron chi connectivity index (χ2n) is 5.92. The van der Waals surface area contributed by atoms with Gasteiger partial charge in [0.2, 0.25) is 5.91 Å². The molecular formula is C17H24ClN3O3S. The first-order valence-electron chi connectivity index (χ1n) is 8.30. The normalized spacial score (nSPS) is 20.5. The van der Waals surface area contributed by atoms with Crippen LogP contribution < -0.4 is 10.6 Å². The summed E-state index contributed by atoms with van der Waals surface area (Å²) in [6, 6.07) is 7.46. The molecule has 2 N–H and O–H groups in total. The van der Waals surface area contributed by atoms with Gasteiger partial charge in [0.15, 0.2) is 0 Å². The van der Waals surface area contributed by atoms with E-state index in [1.807, 2.05) is 40.9 Å². The van der Waals surface area contributed by atoms with E-state index in [4.69, 9.17) is 4.74 Å². The van der Waals surface area contributed by atoms with E-state index in [-0.39, 0.29) is 24.2 Å². The minimum Gasteiger partial charge on any atom is -0.366 e. The average Bonchev–Trinajstić information content (AvgIpc) is 2.65. The molecule has 2 aliphatic rings. The van der Waals surface area contributed by atoms with Crippen LogP contribution in [0, 0.1) is 0 Å². The van der Waals surface area contributed by atoms with Crippen molar-refractivity contribution in [3.63, 3.8) is 0 Å². The number of halogens is 1. The van der Waals surface area contributed by atoms with Crippen molar-refractivity contribution in [1.82, 2.24) is 10.2 Å². The third-order valence-electron chi connectivity index (χ3n) is 4.16. The summed E-state index contributed by atoms with van der Waals surface area (Å²) in [4.78, 5) is 26.3. The van der Waals surface area contributed by atoms with Crippen molar-refractivity contribution in [1.29, 1.82) is 0 Å². The maximum Gasteiger partial charge on any atom is 0.254 e. The zero-order valence-corrected chi connectivity index (χ0v) is 15.7. The molecule has 8 heteroatoms. The molecule has 1 aromatic carbocycles. The third-order valence-corrected chi connectivity index (χ3v) is 5.10. The number of anilines is 1. The van der Waals surface area contributed by atoms with Crippen LogP contribution in [0.5, 0.6) is 0 Å². The molecule has 0 aliphatic carbocycles. The second kappa shape index (κ2) is 10.0. The zero-order valence-electron chi connectivity index (χ0n) is 14.0. The van der Waals surface area contributed by atoms with Gasteiger partial charge in [-0.1, -0.05) is 12.1 Å². The van der Waals surface area contributed by atoms with Gasteiger partial charge in [0.1, 0.15) is 6.10 Å². The Bertz CT molecular complexity index is 522. The molecule has 2 aliphatic heterocycles. The molecule has 0 radical (unpaired) electrons. The molecule has 1 unspecified atom stereocenters. The lowest BCUT2D eigenvalue weighted by atomic mass is 10.1. The molecule has 2 saturated heterocycles. The highest BCUT2D eigenvalue weighted by atomic mass is 35.5. The fourth-order valence-electron chi connectivity index (χ4n) is 2.76. The SMILES string of the molecule is Cl.O=C(Nc1ccc(CC(=O)N2CCSCC2)cc1)C1CNCCO1.